The summed E-state index contributed by atoms with van der Waals surface area (Å²) in [5, 5.41) is 3.28. The van der Waals surface area contributed by atoms with E-state index in [9.17, 15) is 0 Å². The maximum Gasteiger partial charge on any atom is 0.193 e. The van der Waals surface area contributed by atoms with Crippen LogP contribution in [0.15, 0.2) is 23.2 Å². The number of hydrogen-bond donors (Lipinski definition) is 2. The van der Waals surface area contributed by atoms with E-state index >= 15 is 0 Å². The summed E-state index contributed by atoms with van der Waals surface area (Å²) in [5.74, 6) is 1.65. The average molecular weight is 407 g/mol. The van der Waals surface area contributed by atoms with Crippen molar-refractivity contribution in [3.63, 3.8) is 0 Å². The highest BCUT2D eigenvalue weighted by atomic mass is 127. The van der Waals surface area contributed by atoms with E-state index in [-0.39, 0.29) is 24.0 Å². The minimum atomic E-state index is 0. The number of thioether (sulfide) groups is 1. The van der Waals surface area contributed by atoms with Gasteiger partial charge in [0, 0.05) is 12.2 Å². The first-order chi connectivity index (χ1) is 9.22. The number of nitrogens with zero attached hydrogens (tertiary/aromatic N) is 1. The molecule has 1 rings (SSSR count). The number of aliphatic imine (C=N–C) groups is 1. The molecule has 0 amide bonds. The Labute approximate surface area is 144 Å². The first-order valence-electron chi connectivity index (χ1n) is 6.89. The van der Waals surface area contributed by atoms with Crippen molar-refractivity contribution in [1.29, 1.82) is 0 Å². The summed E-state index contributed by atoms with van der Waals surface area (Å²) in [6.45, 7) is 5.10. The Bertz CT molecular complexity index is 399. The molecule has 5 heteroatoms. The van der Waals surface area contributed by atoms with Gasteiger partial charge in [-0.2, -0.15) is 11.8 Å². The van der Waals surface area contributed by atoms with Crippen LogP contribution in [0.1, 0.15) is 31.4 Å². The fraction of sp³-hybridized carbons (Fsp3) is 0.533. The monoisotopic (exact) mass is 407 g/mol. The molecule has 0 saturated heterocycles. The van der Waals surface area contributed by atoms with Crippen molar-refractivity contribution in [3.8, 4) is 0 Å². The second-order valence-corrected chi connectivity index (χ2v) is 5.38. The van der Waals surface area contributed by atoms with Crippen LogP contribution in [-0.4, -0.2) is 24.5 Å². The quantitative estimate of drug-likeness (QED) is 0.312. The van der Waals surface area contributed by atoms with Gasteiger partial charge in [0.1, 0.15) is 0 Å². The summed E-state index contributed by atoms with van der Waals surface area (Å²) in [4.78, 5) is 4.38. The Morgan fingerprint density at radius 3 is 2.35 bits per heavy atom. The second kappa shape index (κ2) is 11.3. The predicted octanol–water partition coefficient (Wildman–Crippen LogP) is 3.91. The summed E-state index contributed by atoms with van der Waals surface area (Å²) < 4.78 is 0. The van der Waals surface area contributed by atoms with Gasteiger partial charge in [-0.25, -0.2) is 0 Å². The molecule has 0 fully saturated rings. The number of anilines is 1. The van der Waals surface area contributed by atoms with E-state index in [2.05, 4.69) is 48.6 Å². The molecule has 0 aromatic heterocycles. The molecule has 0 aliphatic carbocycles. The standard InChI is InChI=1S/C15H25N3S.HI/c1-4-12-8-6-9-13(5-2)14(12)18-15(16)17-10-7-11-19-3;/h6,8-9H,4-5,7,10-11H2,1-3H3,(H3,16,17,18);1H. The lowest BCUT2D eigenvalue weighted by atomic mass is 10.0. The molecule has 0 saturated carbocycles. The van der Waals surface area contributed by atoms with Crippen LogP contribution < -0.4 is 11.1 Å². The zero-order chi connectivity index (χ0) is 14.1. The number of nitrogens with one attached hydrogen (secondary N) is 1. The van der Waals surface area contributed by atoms with Crippen LogP contribution in [0.2, 0.25) is 0 Å². The van der Waals surface area contributed by atoms with Gasteiger partial charge in [-0.3, -0.25) is 4.99 Å². The molecule has 20 heavy (non-hydrogen) atoms. The number of halogens is 1. The van der Waals surface area contributed by atoms with Crippen LogP contribution in [0.4, 0.5) is 5.69 Å². The van der Waals surface area contributed by atoms with Gasteiger partial charge >= 0.3 is 0 Å². The Hall–Kier alpha value is -0.430. The maximum atomic E-state index is 5.97. The zero-order valence-corrected chi connectivity index (χ0v) is 15.8. The molecule has 0 atom stereocenters. The van der Waals surface area contributed by atoms with E-state index in [0.29, 0.717) is 5.96 Å². The normalized spacial score (nSPS) is 11.1. The van der Waals surface area contributed by atoms with Crippen molar-refractivity contribution in [2.24, 2.45) is 10.7 Å². The molecular formula is C15H26IN3S. The van der Waals surface area contributed by atoms with Gasteiger partial charge in [-0.05, 0) is 42.4 Å². The molecule has 0 aliphatic rings. The van der Waals surface area contributed by atoms with E-state index in [1.165, 1.54) is 11.1 Å². The molecule has 0 radical (unpaired) electrons. The molecule has 0 spiro atoms. The zero-order valence-electron chi connectivity index (χ0n) is 12.6. The summed E-state index contributed by atoms with van der Waals surface area (Å²) in [6.07, 6.45) is 5.17. The third-order valence-electron chi connectivity index (χ3n) is 3.04. The van der Waals surface area contributed by atoms with Crippen LogP contribution >= 0.6 is 35.7 Å². The second-order valence-electron chi connectivity index (χ2n) is 4.40. The average Bonchev–Trinajstić information content (AvgIpc) is 2.43. The molecule has 1 aromatic rings. The Balaban J connectivity index is 0.00000361. The molecule has 3 N–H and O–H groups in total. The van der Waals surface area contributed by atoms with Crippen molar-refractivity contribution >= 4 is 47.4 Å². The summed E-state index contributed by atoms with van der Waals surface area (Å²) in [7, 11) is 0. The molecule has 0 heterocycles. The van der Waals surface area contributed by atoms with Crippen LogP contribution in [0.25, 0.3) is 0 Å². The summed E-state index contributed by atoms with van der Waals surface area (Å²) in [5.41, 5.74) is 9.69. The molecule has 0 aliphatic heterocycles. The van der Waals surface area contributed by atoms with E-state index in [0.717, 1.165) is 37.2 Å². The van der Waals surface area contributed by atoms with Crippen LogP contribution in [0.3, 0.4) is 0 Å². The maximum absolute atomic E-state index is 5.97. The predicted molar refractivity (Wildman–Crippen MR) is 104 cm³/mol. The van der Waals surface area contributed by atoms with Gasteiger partial charge in [0.15, 0.2) is 5.96 Å². The molecule has 1 aromatic carbocycles. The van der Waals surface area contributed by atoms with Crippen molar-refractivity contribution in [2.75, 3.05) is 23.9 Å². The number of para-hydroxylation sites is 1. The number of rotatable bonds is 7. The van der Waals surface area contributed by atoms with Gasteiger partial charge in [0.05, 0.1) is 0 Å². The fourth-order valence-electron chi connectivity index (χ4n) is 1.98. The van der Waals surface area contributed by atoms with Crippen molar-refractivity contribution < 1.29 is 0 Å². The van der Waals surface area contributed by atoms with Gasteiger partial charge in [-0.15, -0.1) is 24.0 Å². The molecule has 0 bridgehead atoms. The third-order valence-corrected chi connectivity index (χ3v) is 3.74. The highest BCUT2D eigenvalue weighted by Gasteiger charge is 2.06. The summed E-state index contributed by atoms with van der Waals surface area (Å²) >= 11 is 1.84. The molecule has 3 nitrogen and oxygen atoms in total. The number of hydrogen-bond acceptors (Lipinski definition) is 2. The SMILES string of the molecule is CCc1cccc(CC)c1NC(N)=NCCCSC.I. The smallest absolute Gasteiger partial charge is 0.193 e. The summed E-state index contributed by atoms with van der Waals surface area (Å²) in [6, 6.07) is 6.39. The van der Waals surface area contributed by atoms with Crippen molar-refractivity contribution in [2.45, 2.75) is 33.1 Å². The minimum Gasteiger partial charge on any atom is -0.370 e. The van der Waals surface area contributed by atoms with Crippen LogP contribution in [0, 0.1) is 0 Å². The lowest BCUT2D eigenvalue weighted by molar-refractivity contribution is 0.940. The van der Waals surface area contributed by atoms with Gasteiger partial charge in [0.2, 0.25) is 0 Å². The number of guanidine groups is 1. The number of benzene rings is 1. The Kier molecular flexibility index (Phi) is 11.0. The fourth-order valence-corrected chi connectivity index (χ4v) is 2.40. The Morgan fingerprint density at radius 1 is 1.25 bits per heavy atom. The highest BCUT2D eigenvalue weighted by Crippen LogP contribution is 2.22. The van der Waals surface area contributed by atoms with E-state index in [4.69, 9.17) is 5.73 Å². The molecular weight excluding hydrogens is 381 g/mol. The number of nitrogens with two attached hydrogens (primary N) is 1. The van der Waals surface area contributed by atoms with Gasteiger partial charge in [0.25, 0.3) is 0 Å². The van der Waals surface area contributed by atoms with E-state index in [1.54, 1.807) is 0 Å². The van der Waals surface area contributed by atoms with Gasteiger partial charge in [-0.1, -0.05) is 32.0 Å². The van der Waals surface area contributed by atoms with E-state index < -0.39 is 0 Å². The Morgan fingerprint density at radius 2 is 1.85 bits per heavy atom. The lowest BCUT2D eigenvalue weighted by Gasteiger charge is -2.14. The van der Waals surface area contributed by atoms with E-state index in [1.807, 2.05) is 11.8 Å². The topological polar surface area (TPSA) is 50.4 Å². The van der Waals surface area contributed by atoms with Crippen molar-refractivity contribution in [3.05, 3.63) is 29.3 Å². The first-order valence-corrected chi connectivity index (χ1v) is 8.28. The molecule has 114 valence electrons. The van der Waals surface area contributed by atoms with Crippen molar-refractivity contribution in [1.82, 2.24) is 0 Å². The molecule has 0 unspecified atom stereocenters. The first kappa shape index (κ1) is 19.6. The highest BCUT2D eigenvalue weighted by molar-refractivity contribution is 14.0. The largest absolute Gasteiger partial charge is 0.370 e. The number of aryl methyl sites for hydroxylation is 2. The third kappa shape index (κ3) is 6.35. The lowest BCUT2D eigenvalue weighted by Crippen LogP contribution is -2.24. The minimum absolute atomic E-state index is 0. The van der Waals surface area contributed by atoms with Gasteiger partial charge < -0.3 is 11.1 Å². The van der Waals surface area contributed by atoms with Crippen LogP contribution in [-0.2, 0) is 12.8 Å². The van der Waals surface area contributed by atoms with Crippen LogP contribution in [0.5, 0.6) is 0 Å².